The van der Waals surface area contributed by atoms with E-state index in [0.717, 1.165) is 22.8 Å². The Labute approximate surface area is 111 Å². The van der Waals surface area contributed by atoms with Gasteiger partial charge in [-0.05, 0) is 12.1 Å². The van der Waals surface area contributed by atoms with Crippen molar-refractivity contribution in [2.24, 2.45) is 0 Å². The molecule has 5 nitrogen and oxygen atoms in total. The van der Waals surface area contributed by atoms with Gasteiger partial charge < -0.3 is 19.9 Å². The summed E-state index contributed by atoms with van der Waals surface area (Å²) in [6, 6.07) is 3.83. The van der Waals surface area contributed by atoms with E-state index in [4.69, 9.17) is 14.6 Å². The Kier molecular flexibility index (Phi) is 7.59. The third-order valence-electron chi connectivity index (χ3n) is 2.20. The molecule has 0 saturated heterocycles. The Hall–Kier alpha value is -0.950. The molecule has 0 amide bonds. The monoisotopic (exact) mass is 273 g/mol. The minimum absolute atomic E-state index is 0.102. The van der Waals surface area contributed by atoms with Crippen molar-refractivity contribution in [3.63, 3.8) is 0 Å². The molecule has 0 spiro atoms. The van der Waals surface area contributed by atoms with Gasteiger partial charge in [0.2, 0.25) is 0 Å². The van der Waals surface area contributed by atoms with Gasteiger partial charge in [-0.25, -0.2) is 0 Å². The number of aliphatic carboxylic acids is 1. The molecule has 0 aromatic carbocycles. The second-order valence-electron chi connectivity index (χ2n) is 3.72. The summed E-state index contributed by atoms with van der Waals surface area (Å²) in [4.78, 5) is 12.6. The van der Waals surface area contributed by atoms with Crippen LogP contribution in [-0.4, -0.2) is 44.6 Å². The van der Waals surface area contributed by atoms with Crippen molar-refractivity contribution in [3.8, 4) is 0 Å². The van der Waals surface area contributed by atoms with Gasteiger partial charge in [-0.15, -0.1) is 11.3 Å². The molecule has 6 heteroatoms. The summed E-state index contributed by atoms with van der Waals surface area (Å²) in [6.07, 6.45) is 0.102. The molecule has 1 aromatic rings. The van der Waals surface area contributed by atoms with E-state index < -0.39 is 5.97 Å². The summed E-state index contributed by atoms with van der Waals surface area (Å²) in [6.45, 7) is 3.40. The number of rotatable bonds is 10. The normalized spacial score (nSPS) is 10.7. The summed E-state index contributed by atoms with van der Waals surface area (Å²) in [5, 5.41) is 11.9. The molecule has 0 atom stereocenters. The lowest BCUT2D eigenvalue weighted by molar-refractivity contribution is -0.136. The molecule has 1 rings (SSSR count). The number of carboxylic acid groups (broad SMARTS) is 1. The molecule has 0 aliphatic rings. The number of nitrogens with one attached hydrogen (secondary N) is 1. The van der Waals surface area contributed by atoms with E-state index in [9.17, 15) is 4.79 Å². The van der Waals surface area contributed by atoms with Gasteiger partial charge in [0.15, 0.2) is 0 Å². The molecule has 0 unspecified atom stereocenters. The predicted octanol–water partition coefficient (Wildman–Crippen LogP) is 1.13. The standard InChI is InChI=1S/C12H19NO4S/c1-16-6-7-17-5-4-13-9-11-3-2-10(18-11)8-12(14)15/h2-3,13H,4-9H2,1H3,(H,14,15). The van der Waals surface area contributed by atoms with E-state index in [-0.39, 0.29) is 6.42 Å². The van der Waals surface area contributed by atoms with E-state index in [1.165, 1.54) is 11.3 Å². The molecule has 102 valence electrons. The lowest BCUT2D eigenvalue weighted by Crippen LogP contribution is -2.19. The topological polar surface area (TPSA) is 67.8 Å². The number of thiophene rings is 1. The molecule has 0 saturated carbocycles. The fraction of sp³-hybridized carbons (Fsp3) is 0.583. The lowest BCUT2D eigenvalue weighted by Gasteiger charge is -2.04. The number of hydrogen-bond donors (Lipinski definition) is 2. The molecule has 0 aliphatic heterocycles. The first-order valence-electron chi connectivity index (χ1n) is 5.79. The van der Waals surface area contributed by atoms with Gasteiger partial charge in [0.25, 0.3) is 0 Å². The van der Waals surface area contributed by atoms with Crippen LogP contribution < -0.4 is 5.32 Å². The second kappa shape index (κ2) is 9.04. The third kappa shape index (κ3) is 6.70. The van der Waals surface area contributed by atoms with E-state index in [1.54, 1.807) is 7.11 Å². The zero-order valence-corrected chi connectivity index (χ0v) is 11.3. The molecular formula is C12H19NO4S. The summed E-state index contributed by atoms with van der Waals surface area (Å²) in [7, 11) is 1.65. The van der Waals surface area contributed by atoms with Crippen molar-refractivity contribution in [1.29, 1.82) is 0 Å². The first-order chi connectivity index (χ1) is 8.72. The molecule has 0 fully saturated rings. The van der Waals surface area contributed by atoms with E-state index in [0.29, 0.717) is 19.8 Å². The second-order valence-corrected chi connectivity index (χ2v) is 4.97. The lowest BCUT2D eigenvalue weighted by atomic mass is 10.3. The SMILES string of the molecule is COCCOCCNCc1ccc(CC(=O)O)s1. The Morgan fingerprint density at radius 1 is 1.33 bits per heavy atom. The van der Waals surface area contributed by atoms with Crippen LogP contribution in [0.25, 0.3) is 0 Å². The zero-order valence-electron chi connectivity index (χ0n) is 10.5. The highest BCUT2D eigenvalue weighted by molar-refractivity contribution is 7.12. The maximum absolute atomic E-state index is 10.5. The molecule has 0 radical (unpaired) electrons. The minimum atomic E-state index is -0.789. The van der Waals surface area contributed by atoms with E-state index in [1.807, 2.05) is 12.1 Å². The molecular weight excluding hydrogens is 254 g/mol. The summed E-state index contributed by atoms with van der Waals surface area (Å²) in [5.74, 6) is -0.789. The average Bonchev–Trinajstić information content (AvgIpc) is 2.75. The predicted molar refractivity (Wildman–Crippen MR) is 70.1 cm³/mol. The van der Waals surface area contributed by atoms with Crippen LogP contribution in [-0.2, 0) is 27.2 Å². The van der Waals surface area contributed by atoms with Crippen LogP contribution in [0, 0.1) is 0 Å². The van der Waals surface area contributed by atoms with E-state index in [2.05, 4.69) is 5.32 Å². The van der Waals surface area contributed by atoms with Crippen molar-refractivity contribution in [3.05, 3.63) is 21.9 Å². The first kappa shape index (κ1) is 15.1. The van der Waals surface area contributed by atoms with Crippen LogP contribution in [0.2, 0.25) is 0 Å². The van der Waals surface area contributed by atoms with Gasteiger partial charge in [0, 0.05) is 30.0 Å². The smallest absolute Gasteiger partial charge is 0.308 e. The van der Waals surface area contributed by atoms with Gasteiger partial charge in [0.05, 0.1) is 26.2 Å². The maximum Gasteiger partial charge on any atom is 0.308 e. The van der Waals surface area contributed by atoms with Gasteiger partial charge in [-0.2, -0.15) is 0 Å². The number of carbonyl (C=O) groups is 1. The molecule has 0 aliphatic carbocycles. The maximum atomic E-state index is 10.5. The van der Waals surface area contributed by atoms with E-state index >= 15 is 0 Å². The Bertz CT molecular complexity index is 354. The third-order valence-corrected chi connectivity index (χ3v) is 3.28. The summed E-state index contributed by atoms with van der Waals surface area (Å²) in [5.41, 5.74) is 0. The summed E-state index contributed by atoms with van der Waals surface area (Å²) < 4.78 is 10.2. The quantitative estimate of drug-likeness (QED) is 0.625. The number of carboxylic acids is 1. The van der Waals surface area contributed by atoms with Crippen molar-refractivity contribution in [1.82, 2.24) is 5.32 Å². The van der Waals surface area contributed by atoms with Crippen molar-refractivity contribution < 1.29 is 19.4 Å². The van der Waals surface area contributed by atoms with Gasteiger partial charge in [-0.1, -0.05) is 0 Å². The summed E-state index contributed by atoms with van der Waals surface area (Å²) >= 11 is 1.53. The van der Waals surface area contributed by atoms with Crippen molar-refractivity contribution in [2.45, 2.75) is 13.0 Å². The zero-order chi connectivity index (χ0) is 13.2. The highest BCUT2D eigenvalue weighted by Crippen LogP contribution is 2.16. The van der Waals surface area contributed by atoms with Crippen LogP contribution in [0.15, 0.2) is 12.1 Å². The molecule has 18 heavy (non-hydrogen) atoms. The van der Waals surface area contributed by atoms with Crippen LogP contribution in [0.5, 0.6) is 0 Å². The van der Waals surface area contributed by atoms with Crippen LogP contribution in [0.4, 0.5) is 0 Å². The van der Waals surface area contributed by atoms with Gasteiger partial charge in [-0.3, -0.25) is 4.79 Å². The van der Waals surface area contributed by atoms with Gasteiger partial charge >= 0.3 is 5.97 Å². The first-order valence-corrected chi connectivity index (χ1v) is 6.61. The highest BCUT2D eigenvalue weighted by Gasteiger charge is 2.04. The fourth-order valence-electron chi connectivity index (χ4n) is 1.36. The van der Waals surface area contributed by atoms with Crippen LogP contribution in [0.3, 0.4) is 0 Å². The number of ether oxygens (including phenoxy) is 2. The Morgan fingerprint density at radius 3 is 2.83 bits per heavy atom. The van der Waals surface area contributed by atoms with Crippen molar-refractivity contribution in [2.75, 3.05) is 33.5 Å². The largest absolute Gasteiger partial charge is 0.481 e. The Morgan fingerprint density at radius 2 is 2.11 bits per heavy atom. The van der Waals surface area contributed by atoms with Crippen molar-refractivity contribution >= 4 is 17.3 Å². The molecule has 1 heterocycles. The van der Waals surface area contributed by atoms with Gasteiger partial charge in [0.1, 0.15) is 0 Å². The van der Waals surface area contributed by atoms with Crippen LogP contribution >= 0.6 is 11.3 Å². The Balaban J connectivity index is 2.08. The average molecular weight is 273 g/mol. The number of hydrogen-bond acceptors (Lipinski definition) is 5. The molecule has 0 bridgehead atoms. The highest BCUT2D eigenvalue weighted by atomic mass is 32.1. The number of methoxy groups -OCH3 is 1. The fourth-order valence-corrected chi connectivity index (χ4v) is 2.34. The molecule has 1 aromatic heterocycles. The van der Waals surface area contributed by atoms with Crippen LogP contribution in [0.1, 0.15) is 9.75 Å². The molecule has 2 N–H and O–H groups in total. The minimum Gasteiger partial charge on any atom is -0.481 e.